The van der Waals surface area contributed by atoms with E-state index in [0.717, 1.165) is 38.1 Å². The number of benzene rings is 2. The van der Waals surface area contributed by atoms with Crippen LogP contribution in [0.5, 0.6) is 0 Å². The first kappa shape index (κ1) is 50.0. The number of nitrogens with two attached hydrogens (primary N) is 1. The topological polar surface area (TPSA) is 130 Å². The van der Waals surface area contributed by atoms with Gasteiger partial charge in [0.1, 0.15) is 41.8 Å². The second-order valence-corrected chi connectivity index (χ2v) is 16.7. The van der Waals surface area contributed by atoms with Crippen molar-refractivity contribution in [2.24, 2.45) is 16.6 Å². The number of hydrogen-bond donors (Lipinski definition) is 4. The second-order valence-electron chi connectivity index (χ2n) is 14.2. The molecule has 0 radical (unpaired) electrons. The van der Waals surface area contributed by atoms with Crippen LogP contribution in [0.2, 0.25) is 5.02 Å². The number of fused-ring (bicyclic) bond motifs is 1. The standard InChI is InChI=1S/C39H36ClF10N7OS2.CH4O/c1-19-16-37(43,44)34(29(19)33(51)39(48,49)50)52-17-28(58)54-27(14-20-12-21(41)15-22(42)13-20)31-24(7-6-23(53-31)10-11-36(2,3)59-4)25-8-9-26(40)30-32(25)57(18-38(45,46)47)55-35(30)56-60-5;1-2/h6-9,12-13,15,19,27H,14,16-18,51H2,1-5H3,(H,54,58)(H,55,56);2H,1H3/b33-29-,52-34?;/t19-,27?;/m0./s1. The molecule has 1 saturated carbocycles. The molecule has 2 aromatic heterocycles. The zero-order valence-corrected chi connectivity index (χ0v) is 36.1. The molecule has 0 saturated heterocycles. The maximum atomic E-state index is 15.1. The normalized spacial score (nSPS) is 17.3. The molecule has 1 fully saturated rings. The third-order valence-electron chi connectivity index (χ3n) is 9.25. The van der Waals surface area contributed by atoms with Gasteiger partial charge >= 0.3 is 12.4 Å². The van der Waals surface area contributed by atoms with Gasteiger partial charge in [0.2, 0.25) is 5.91 Å². The summed E-state index contributed by atoms with van der Waals surface area (Å²) >= 11 is 9.00. The first-order chi connectivity index (χ1) is 28.8. The number of alkyl halides is 8. The molecule has 5 N–H and O–H groups in total. The van der Waals surface area contributed by atoms with Crippen LogP contribution in [0.1, 0.15) is 50.2 Å². The van der Waals surface area contributed by atoms with Gasteiger partial charge in [-0.05, 0) is 74.3 Å². The average molecular weight is 940 g/mol. The maximum absolute atomic E-state index is 15.1. The Hall–Kier alpha value is -4.65. The Morgan fingerprint density at radius 2 is 1.69 bits per heavy atom. The van der Waals surface area contributed by atoms with E-state index in [1.165, 1.54) is 36.0 Å². The highest BCUT2D eigenvalue weighted by Crippen LogP contribution is 2.44. The summed E-state index contributed by atoms with van der Waals surface area (Å²) in [5.74, 6) is -2.46. The van der Waals surface area contributed by atoms with Crippen LogP contribution in [0, 0.1) is 29.4 Å². The van der Waals surface area contributed by atoms with Gasteiger partial charge in [-0.1, -0.05) is 42.5 Å². The van der Waals surface area contributed by atoms with E-state index in [1.807, 2.05) is 20.1 Å². The molecule has 0 aliphatic heterocycles. The molecule has 0 spiro atoms. The van der Waals surface area contributed by atoms with Crippen LogP contribution in [0.15, 0.2) is 58.7 Å². The van der Waals surface area contributed by atoms with Crippen molar-refractivity contribution in [3.63, 3.8) is 0 Å². The largest absolute Gasteiger partial charge is 0.431 e. The molecule has 9 nitrogen and oxygen atoms in total. The van der Waals surface area contributed by atoms with Crippen LogP contribution in [-0.4, -0.2) is 80.7 Å². The Morgan fingerprint density at radius 1 is 1.06 bits per heavy atom. The SMILES string of the molecule is CO.CSNc1nn(CC(F)(F)F)c2c(-c3ccc(C#CC(C)(C)SC)nc3C(Cc3cc(F)cc(F)c3)NC(=O)CN=C3/C(=C(\N)C(F)(F)F)[C@@H](C)CC3(F)F)ccc(Cl)c12. The van der Waals surface area contributed by atoms with E-state index >= 15 is 8.78 Å². The zero-order valence-electron chi connectivity index (χ0n) is 33.7. The number of aliphatic hydroxyl groups is 1. The molecule has 0 bridgehead atoms. The summed E-state index contributed by atoms with van der Waals surface area (Å²) in [6, 6.07) is 6.73. The van der Waals surface area contributed by atoms with E-state index in [1.54, 1.807) is 6.26 Å². The highest BCUT2D eigenvalue weighted by atomic mass is 35.5. The van der Waals surface area contributed by atoms with Gasteiger partial charge < -0.3 is 20.9 Å². The number of nitrogens with zero attached hydrogens (tertiary/aromatic N) is 4. The van der Waals surface area contributed by atoms with E-state index < -0.39 is 95.4 Å². The number of nitrogens with one attached hydrogen (secondary N) is 2. The second kappa shape index (κ2) is 19.8. The van der Waals surface area contributed by atoms with Gasteiger partial charge in [-0.25, -0.2) is 13.8 Å². The molecule has 336 valence electrons. The number of thioether (sulfide) groups is 1. The fourth-order valence-corrected chi connectivity index (χ4v) is 7.32. The van der Waals surface area contributed by atoms with Crippen molar-refractivity contribution in [1.29, 1.82) is 0 Å². The number of anilines is 1. The minimum atomic E-state index is -5.19. The van der Waals surface area contributed by atoms with Gasteiger partial charge in [0.15, 0.2) is 5.82 Å². The molecule has 22 heteroatoms. The Morgan fingerprint density at radius 3 is 2.27 bits per heavy atom. The summed E-state index contributed by atoms with van der Waals surface area (Å²) in [6.45, 7) is 2.03. The summed E-state index contributed by atoms with van der Waals surface area (Å²) in [5, 5.41) is 13.8. The lowest BCUT2D eigenvalue weighted by Crippen LogP contribution is -2.34. The van der Waals surface area contributed by atoms with Crippen LogP contribution in [0.3, 0.4) is 0 Å². The summed E-state index contributed by atoms with van der Waals surface area (Å²) < 4.78 is 145. The minimum Gasteiger partial charge on any atom is -0.400 e. The predicted octanol–water partition coefficient (Wildman–Crippen LogP) is 9.67. The smallest absolute Gasteiger partial charge is 0.400 e. The van der Waals surface area contributed by atoms with Gasteiger partial charge in [-0.15, -0.1) is 11.8 Å². The number of rotatable bonds is 11. The number of aliphatic imine (C=N–C) groups is 1. The number of aromatic nitrogens is 3. The van der Waals surface area contributed by atoms with Crippen LogP contribution in [-0.2, 0) is 17.8 Å². The lowest BCUT2D eigenvalue weighted by Gasteiger charge is -2.23. The van der Waals surface area contributed by atoms with Crippen molar-refractivity contribution in [3.05, 3.63) is 87.3 Å². The monoisotopic (exact) mass is 939 g/mol. The number of hydrogen-bond acceptors (Lipinski definition) is 9. The maximum Gasteiger partial charge on any atom is 0.431 e. The Kier molecular flexibility index (Phi) is 16.0. The fourth-order valence-electron chi connectivity index (χ4n) is 6.59. The van der Waals surface area contributed by atoms with Crippen LogP contribution in [0.25, 0.3) is 22.0 Å². The van der Waals surface area contributed by atoms with Crippen LogP contribution in [0.4, 0.5) is 49.7 Å². The van der Waals surface area contributed by atoms with Gasteiger partial charge in [0.25, 0.3) is 5.92 Å². The summed E-state index contributed by atoms with van der Waals surface area (Å²) in [5.41, 5.74) is 1.13. The number of pyridine rings is 1. The highest BCUT2D eigenvalue weighted by molar-refractivity contribution is 8.00. The number of allylic oxidation sites excluding steroid dienone is 2. The lowest BCUT2D eigenvalue weighted by molar-refractivity contribution is -0.141. The molecular formula is C40H40ClF10N7O2S2. The van der Waals surface area contributed by atoms with Gasteiger partial charge in [-0.2, -0.15) is 40.2 Å². The van der Waals surface area contributed by atoms with Crippen molar-refractivity contribution in [2.75, 3.05) is 30.9 Å². The molecule has 5 rings (SSSR count). The summed E-state index contributed by atoms with van der Waals surface area (Å²) in [6.07, 6.45) is -8.05. The number of halogens is 11. The third kappa shape index (κ3) is 12.1. The number of carbonyl (C=O) groups is 1. The molecule has 4 aromatic rings. The zero-order chi connectivity index (χ0) is 46.5. The molecule has 2 heterocycles. The molecule has 2 atom stereocenters. The summed E-state index contributed by atoms with van der Waals surface area (Å²) in [4.78, 5) is 22.0. The van der Waals surface area contributed by atoms with E-state index in [-0.39, 0.29) is 49.8 Å². The van der Waals surface area contributed by atoms with Crippen molar-refractivity contribution < 1.29 is 53.8 Å². The van der Waals surface area contributed by atoms with Crippen LogP contribution < -0.4 is 15.8 Å². The summed E-state index contributed by atoms with van der Waals surface area (Å²) in [7, 11) is 1.00. The third-order valence-corrected chi connectivity index (χ3v) is 11.1. The Bertz CT molecular complexity index is 2410. The number of aliphatic hydroxyl groups excluding tert-OH is 1. The molecule has 1 aliphatic carbocycles. The quantitative estimate of drug-likeness (QED) is 0.0665. The van der Waals surface area contributed by atoms with Crippen LogP contribution >= 0.6 is 35.3 Å². The van der Waals surface area contributed by atoms with Gasteiger partial charge in [0, 0.05) is 42.6 Å². The molecular weight excluding hydrogens is 900 g/mol. The molecule has 2 aromatic carbocycles. The van der Waals surface area contributed by atoms with Crippen molar-refractivity contribution in [1.82, 2.24) is 20.1 Å². The molecule has 1 amide bonds. The van der Waals surface area contributed by atoms with Gasteiger partial charge in [0.05, 0.1) is 32.4 Å². The first-order valence-electron chi connectivity index (χ1n) is 18.2. The molecule has 62 heavy (non-hydrogen) atoms. The highest BCUT2D eigenvalue weighted by Gasteiger charge is 2.52. The molecule has 1 aliphatic rings. The van der Waals surface area contributed by atoms with E-state index in [2.05, 4.69) is 32.0 Å². The van der Waals surface area contributed by atoms with Crippen molar-refractivity contribution >= 4 is 63.7 Å². The Balaban J connectivity index is 0.00000416. The lowest BCUT2D eigenvalue weighted by atomic mass is 9.93. The average Bonchev–Trinajstić information content (AvgIpc) is 3.63. The van der Waals surface area contributed by atoms with E-state index in [0.29, 0.717) is 10.7 Å². The number of amides is 1. The first-order valence-corrected chi connectivity index (χ1v) is 21.0. The minimum absolute atomic E-state index is 0.0123. The van der Waals surface area contributed by atoms with Gasteiger partial charge in [-0.3, -0.25) is 14.5 Å². The van der Waals surface area contributed by atoms with Crippen molar-refractivity contribution in [3.8, 4) is 23.0 Å². The van der Waals surface area contributed by atoms with Crippen molar-refractivity contribution in [2.45, 2.75) is 69.2 Å². The Labute approximate surface area is 363 Å². The molecule has 1 unspecified atom stereocenters. The number of carbonyl (C=O) groups excluding carboxylic acids is 1. The van der Waals surface area contributed by atoms with E-state index in [4.69, 9.17) is 27.4 Å². The van der Waals surface area contributed by atoms with E-state index in [9.17, 15) is 39.9 Å². The fraction of sp³-hybridized carbons (Fsp3) is 0.400. The predicted molar refractivity (Wildman–Crippen MR) is 223 cm³/mol.